The minimum absolute atomic E-state index is 0.0860. The van der Waals surface area contributed by atoms with Gasteiger partial charge in [-0.3, -0.25) is 0 Å². The van der Waals surface area contributed by atoms with Crippen molar-refractivity contribution in [1.82, 2.24) is 0 Å². The normalized spacial score (nSPS) is 13.2. The molecule has 0 aliphatic heterocycles. The molecule has 0 heterocycles. The Morgan fingerprint density at radius 3 is 2.53 bits per heavy atom. The Morgan fingerprint density at radius 1 is 1.40 bits per heavy atom. The molecule has 0 spiro atoms. The van der Waals surface area contributed by atoms with Crippen molar-refractivity contribution in [3.05, 3.63) is 35.1 Å². The van der Waals surface area contributed by atoms with Crippen LogP contribution in [0.3, 0.4) is 0 Å². The summed E-state index contributed by atoms with van der Waals surface area (Å²) in [5.74, 6) is -0.210. The van der Waals surface area contributed by atoms with Gasteiger partial charge in [-0.05, 0) is 38.0 Å². The Balaban J connectivity index is 2.87. The van der Waals surface area contributed by atoms with Gasteiger partial charge in [-0.1, -0.05) is 12.1 Å². The summed E-state index contributed by atoms with van der Waals surface area (Å²) >= 11 is 0. The van der Waals surface area contributed by atoms with Crippen LogP contribution in [0, 0.1) is 12.7 Å². The van der Waals surface area contributed by atoms with Crippen molar-refractivity contribution >= 4 is 0 Å². The summed E-state index contributed by atoms with van der Waals surface area (Å²) < 4.78 is 18.9. The van der Waals surface area contributed by atoms with Crippen LogP contribution in [0.4, 0.5) is 4.39 Å². The quantitative estimate of drug-likeness (QED) is 0.830. The number of hydrogen-bond donors (Lipinski definition) is 1. The number of hydrogen-bond acceptors (Lipinski definition) is 2. The molecule has 0 fully saturated rings. The fourth-order valence-corrected chi connectivity index (χ4v) is 1.41. The van der Waals surface area contributed by atoms with Crippen LogP contribution in [-0.2, 0) is 4.74 Å². The predicted molar refractivity (Wildman–Crippen MR) is 59.2 cm³/mol. The minimum atomic E-state index is -0.222. The molecule has 2 N–H and O–H groups in total. The van der Waals surface area contributed by atoms with Gasteiger partial charge in [-0.25, -0.2) is 4.39 Å². The van der Waals surface area contributed by atoms with E-state index in [2.05, 4.69) is 0 Å². The number of benzene rings is 1. The van der Waals surface area contributed by atoms with Gasteiger partial charge in [0, 0.05) is 6.54 Å². The second-order valence-electron chi connectivity index (χ2n) is 3.92. The van der Waals surface area contributed by atoms with Crippen molar-refractivity contribution in [2.75, 3.05) is 6.54 Å². The summed E-state index contributed by atoms with van der Waals surface area (Å²) in [6.45, 7) is 5.97. The molecule has 3 heteroatoms. The molecule has 0 bridgehead atoms. The van der Waals surface area contributed by atoms with Gasteiger partial charge < -0.3 is 10.5 Å². The molecular weight excluding hydrogens is 193 g/mol. The van der Waals surface area contributed by atoms with Gasteiger partial charge in [-0.2, -0.15) is 0 Å². The van der Waals surface area contributed by atoms with Crippen molar-refractivity contribution < 1.29 is 9.13 Å². The standard InChI is InChI=1S/C12H18FNO/c1-8(2)15-12(7-14)10-5-4-9(3)11(13)6-10/h4-6,8,12H,7,14H2,1-3H3. The molecule has 0 radical (unpaired) electrons. The van der Waals surface area contributed by atoms with E-state index in [0.717, 1.165) is 5.56 Å². The maximum Gasteiger partial charge on any atom is 0.126 e. The zero-order chi connectivity index (χ0) is 11.4. The number of ether oxygens (including phenoxy) is 1. The Morgan fingerprint density at radius 2 is 2.07 bits per heavy atom. The first-order valence-corrected chi connectivity index (χ1v) is 5.16. The van der Waals surface area contributed by atoms with E-state index >= 15 is 0 Å². The highest BCUT2D eigenvalue weighted by Gasteiger charge is 2.13. The predicted octanol–water partition coefficient (Wildman–Crippen LogP) is 2.56. The van der Waals surface area contributed by atoms with Crippen LogP contribution in [0.25, 0.3) is 0 Å². The van der Waals surface area contributed by atoms with Crippen LogP contribution in [-0.4, -0.2) is 12.6 Å². The summed E-state index contributed by atoms with van der Waals surface area (Å²) in [5.41, 5.74) is 7.03. The Labute approximate surface area is 90.2 Å². The first-order chi connectivity index (χ1) is 7.04. The number of nitrogens with two attached hydrogens (primary N) is 1. The summed E-state index contributed by atoms with van der Waals surface area (Å²) in [7, 11) is 0. The van der Waals surface area contributed by atoms with Crippen LogP contribution in [0.2, 0.25) is 0 Å². The lowest BCUT2D eigenvalue weighted by Gasteiger charge is -2.19. The van der Waals surface area contributed by atoms with E-state index in [0.29, 0.717) is 12.1 Å². The molecule has 1 rings (SSSR count). The molecule has 1 unspecified atom stereocenters. The van der Waals surface area contributed by atoms with Crippen molar-refractivity contribution in [3.63, 3.8) is 0 Å². The fraction of sp³-hybridized carbons (Fsp3) is 0.500. The highest BCUT2D eigenvalue weighted by Crippen LogP contribution is 2.20. The molecule has 0 saturated heterocycles. The van der Waals surface area contributed by atoms with E-state index in [1.165, 1.54) is 6.07 Å². The molecule has 0 aromatic heterocycles. The maximum atomic E-state index is 13.3. The molecule has 1 atom stereocenters. The second kappa shape index (κ2) is 5.24. The third-order valence-corrected chi connectivity index (χ3v) is 2.22. The van der Waals surface area contributed by atoms with Crippen LogP contribution >= 0.6 is 0 Å². The third-order valence-electron chi connectivity index (χ3n) is 2.22. The molecule has 84 valence electrons. The van der Waals surface area contributed by atoms with Crippen molar-refractivity contribution in [2.24, 2.45) is 5.73 Å². The van der Waals surface area contributed by atoms with Crippen LogP contribution in [0.1, 0.15) is 31.1 Å². The summed E-state index contributed by atoms with van der Waals surface area (Å²) in [4.78, 5) is 0. The van der Waals surface area contributed by atoms with E-state index in [1.807, 2.05) is 19.9 Å². The maximum absolute atomic E-state index is 13.3. The van der Waals surface area contributed by atoms with Crippen LogP contribution in [0.15, 0.2) is 18.2 Å². The first kappa shape index (κ1) is 12.1. The van der Waals surface area contributed by atoms with Gasteiger partial charge in [0.2, 0.25) is 0 Å². The van der Waals surface area contributed by atoms with Gasteiger partial charge in [0.25, 0.3) is 0 Å². The smallest absolute Gasteiger partial charge is 0.126 e. The Kier molecular flexibility index (Phi) is 4.24. The molecule has 1 aromatic carbocycles. The summed E-state index contributed by atoms with van der Waals surface area (Å²) in [6.07, 6.45) is -0.136. The van der Waals surface area contributed by atoms with E-state index < -0.39 is 0 Å². The van der Waals surface area contributed by atoms with Gasteiger partial charge in [0.1, 0.15) is 5.82 Å². The van der Waals surface area contributed by atoms with E-state index in [1.54, 1.807) is 13.0 Å². The molecule has 1 aromatic rings. The van der Waals surface area contributed by atoms with E-state index in [4.69, 9.17) is 10.5 Å². The first-order valence-electron chi connectivity index (χ1n) is 5.16. The lowest BCUT2D eigenvalue weighted by Crippen LogP contribution is -2.19. The van der Waals surface area contributed by atoms with Gasteiger partial charge in [0.05, 0.1) is 12.2 Å². The third kappa shape index (κ3) is 3.29. The number of halogens is 1. The van der Waals surface area contributed by atoms with Crippen molar-refractivity contribution in [1.29, 1.82) is 0 Å². The average Bonchev–Trinajstić information content (AvgIpc) is 2.18. The molecular formula is C12H18FNO. The van der Waals surface area contributed by atoms with Gasteiger partial charge in [-0.15, -0.1) is 0 Å². The monoisotopic (exact) mass is 211 g/mol. The van der Waals surface area contributed by atoms with Crippen molar-refractivity contribution in [2.45, 2.75) is 33.0 Å². The average molecular weight is 211 g/mol. The van der Waals surface area contributed by atoms with E-state index in [9.17, 15) is 4.39 Å². The lowest BCUT2D eigenvalue weighted by atomic mass is 10.1. The fourth-order valence-electron chi connectivity index (χ4n) is 1.41. The molecule has 0 aliphatic carbocycles. The minimum Gasteiger partial charge on any atom is -0.370 e. The van der Waals surface area contributed by atoms with Gasteiger partial charge >= 0.3 is 0 Å². The topological polar surface area (TPSA) is 35.2 Å². The highest BCUT2D eigenvalue weighted by atomic mass is 19.1. The molecule has 15 heavy (non-hydrogen) atoms. The highest BCUT2D eigenvalue weighted by molar-refractivity contribution is 5.25. The lowest BCUT2D eigenvalue weighted by molar-refractivity contribution is 0.0118. The summed E-state index contributed by atoms with van der Waals surface area (Å²) in [6, 6.07) is 5.10. The van der Waals surface area contributed by atoms with Crippen LogP contribution < -0.4 is 5.73 Å². The SMILES string of the molecule is Cc1ccc(C(CN)OC(C)C)cc1F. The Hall–Kier alpha value is -0.930. The van der Waals surface area contributed by atoms with Gasteiger partial charge in [0.15, 0.2) is 0 Å². The molecule has 2 nitrogen and oxygen atoms in total. The Bertz CT molecular complexity index is 325. The van der Waals surface area contributed by atoms with Crippen molar-refractivity contribution in [3.8, 4) is 0 Å². The zero-order valence-electron chi connectivity index (χ0n) is 9.46. The number of rotatable bonds is 4. The summed E-state index contributed by atoms with van der Waals surface area (Å²) in [5, 5.41) is 0. The number of aryl methyl sites for hydroxylation is 1. The zero-order valence-corrected chi connectivity index (χ0v) is 9.46. The van der Waals surface area contributed by atoms with E-state index in [-0.39, 0.29) is 18.0 Å². The largest absolute Gasteiger partial charge is 0.370 e. The van der Waals surface area contributed by atoms with Crippen LogP contribution in [0.5, 0.6) is 0 Å². The molecule has 0 saturated carbocycles. The molecule has 0 aliphatic rings. The molecule has 0 amide bonds. The second-order valence-corrected chi connectivity index (χ2v) is 3.92.